The number of hydrogen-bond donors (Lipinski definition) is 0. The van der Waals surface area contributed by atoms with Crippen LogP contribution in [0.4, 0.5) is 5.69 Å². The summed E-state index contributed by atoms with van der Waals surface area (Å²) in [4.78, 5) is 31.3. The van der Waals surface area contributed by atoms with Crippen molar-refractivity contribution in [2.75, 3.05) is 0 Å². The summed E-state index contributed by atoms with van der Waals surface area (Å²) in [7, 11) is 0. The van der Waals surface area contributed by atoms with Gasteiger partial charge in [0.1, 0.15) is 6.29 Å². The Morgan fingerprint density at radius 3 is 1.91 bits per heavy atom. The van der Waals surface area contributed by atoms with Gasteiger partial charge in [-0.25, -0.2) is 0 Å². The Balaban J connectivity index is 0.000000422. The van der Waals surface area contributed by atoms with Gasteiger partial charge < -0.3 is 0 Å². The van der Waals surface area contributed by atoms with Crippen molar-refractivity contribution in [3.05, 3.63) is 88.0 Å². The molecule has 2 aromatic rings. The average molecular weight is 297 g/mol. The number of allylic oxidation sites excluding steroid dienone is 1. The minimum absolute atomic E-state index is 0.0189. The zero-order valence-corrected chi connectivity index (χ0v) is 12.1. The van der Waals surface area contributed by atoms with Gasteiger partial charge in [0.25, 0.3) is 5.69 Å². The Kier molecular flexibility index (Phi) is 6.37. The highest BCUT2D eigenvalue weighted by atomic mass is 16.6. The van der Waals surface area contributed by atoms with E-state index in [1.807, 2.05) is 6.07 Å². The van der Waals surface area contributed by atoms with E-state index in [-0.39, 0.29) is 11.5 Å². The smallest absolute Gasteiger partial charge is 0.269 e. The van der Waals surface area contributed by atoms with Gasteiger partial charge >= 0.3 is 0 Å². The largest absolute Gasteiger partial charge is 0.298 e. The molecule has 0 aromatic heterocycles. The molecule has 0 saturated carbocycles. The van der Waals surface area contributed by atoms with E-state index in [0.717, 1.165) is 6.29 Å². The van der Waals surface area contributed by atoms with E-state index in [4.69, 9.17) is 0 Å². The lowest BCUT2D eigenvalue weighted by molar-refractivity contribution is -0.384. The maximum atomic E-state index is 12.0. The van der Waals surface area contributed by atoms with E-state index in [9.17, 15) is 19.7 Å². The Hall–Kier alpha value is -3.08. The van der Waals surface area contributed by atoms with Gasteiger partial charge in [-0.3, -0.25) is 19.7 Å². The summed E-state index contributed by atoms with van der Waals surface area (Å²) in [5.41, 5.74) is 1.57. The molecule has 22 heavy (non-hydrogen) atoms. The van der Waals surface area contributed by atoms with E-state index in [0.29, 0.717) is 16.7 Å². The van der Waals surface area contributed by atoms with Crippen molar-refractivity contribution < 1.29 is 14.5 Å². The predicted octanol–water partition coefficient (Wildman–Crippen LogP) is 3.59. The van der Waals surface area contributed by atoms with Crippen LogP contribution in [-0.2, 0) is 4.79 Å². The highest BCUT2D eigenvalue weighted by Crippen LogP contribution is 2.15. The first-order valence-corrected chi connectivity index (χ1v) is 6.40. The molecule has 2 aromatic carbocycles. The number of nitro groups is 1. The molecule has 0 spiro atoms. The fraction of sp³-hybridized carbons (Fsp3) is 0.0588. The molecule has 0 fully saturated rings. The second-order valence-corrected chi connectivity index (χ2v) is 4.46. The van der Waals surface area contributed by atoms with Crippen LogP contribution < -0.4 is 0 Å². The molecule has 0 N–H and O–H groups in total. The molecule has 0 amide bonds. The second-order valence-electron chi connectivity index (χ2n) is 4.46. The first-order valence-electron chi connectivity index (χ1n) is 6.40. The Labute approximate surface area is 128 Å². The number of aldehydes is 1. The van der Waals surface area contributed by atoms with Gasteiger partial charge in [-0.2, -0.15) is 0 Å². The molecule has 0 aliphatic carbocycles. The summed E-state index contributed by atoms with van der Waals surface area (Å²) < 4.78 is 0. The third-order valence-electron chi connectivity index (χ3n) is 2.58. The van der Waals surface area contributed by atoms with Crippen molar-refractivity contribution in [2.24, 2.45) is 0 Å². The van der Waals surface area contributed by atoms with Crippen molar-refractivity contribution >= 4 is 17.8 Å². The number of non-ortho nitro benzene ring substituents is 1. The molecule has 2 rings (SSSR count). The van der Waals surface area contributed by atoms with Crippen molar-refractivity contribution in [2.45, 2.75) is 6.92 Å². The molecule has 0 heterocycles. The van der Waals surface area contributed by atoms with Crippen LogP contribution in [-0.4, -0.2) is 17.0 Å². The number of carbonyl (C=O) groups is 2. The van der Waals surface area contributed by atoms with Crippen molar-refractivity contribution in [3.8, 4) is 0 Å². The van der Waals surface area contributed by atoms with Gasteiger partial charge in [-0.05, 0) is 24.6 Å². The van der Waals surface area contributed by atoms with E-state index in [2.05, 4.69) is 6.58 Å². The summed E-state index contributed by atoms with van der Waals surface area (Å²) >= 11 is 0. The number of nitro benzene ring substituents is 1. The molecular formula is C17H15NO4. The van der Waals surface area contributed by atoms with Crippen LogP contribution in [0.3, 0.4) is 0 Å². The van der Waals surface area contributed by atoms with Crippen molar-refractivity contribution in [1.82, 2.24) is 0 Å². The SMILES string of the molecule is C=C(C)C=O.O=C(c1ccccc1)c1ccc([N+](=O)[O-])cc1. The van der Waals surface area contributed by atoms with Gasteiger partial charge in [-0.15, -0.1) is 0 Å². The third kappa shape index (κ3) is 5.13. The van der Waals surface area contributed by atoms with Crippen molar-refractivity contribution in [3.63, 3.8) is 0 Å². The van der Waals surface area contributed by atoms with Crippen LogP contribution in [0.2, 0.25) is 0 Å². The van der Waals surface area contributed by atoms with Gasteiger partial charge in [-0.1, -0.05) is 36.9 Å². The maximum absolute atomic E-state index is 12.0. The zero-order chi connectivity index (χ0) is 16.5. The number of nitrogens with zero attached hydrogens (tertiary/aromatic N) is 1. The van der Waals surface area contributed by atoms with Crippen LogP contribution in [0.5, 0.6) is 0 Å². The lowest BCUT2D eigenvalue weighted by Gasteiger charge is -2.00. The number of carbonyl (C=O) groups excluding carboxylic acids is 2. The molecule has 0 saturated heterocycles. The topological polar surface area (TPSA) is 77.3 Å². The van der Waals surface area contributed by atoms with Gasteiger partial charge in [0.2, 0.25) is 0 Å². The Morgan fingerprint density at radius 1 is 1.05 bits per heavy atom. The third-order valence-corrected chi connectivity index (χ3v) is 2.58. The summed E-state index contributed by atoms with van der Waals surface area (Å²) in [6.45, 7) is 4.97. The molecule has 0 radical (unpaired) electrons. The standard InChI is InChI=1S/C13H9NO3.C4H6O/c15-13(10-4-2-1-3-5-10)11-6-8-12(9-7-11)14(16)17;1-4(2)3-5/h1-9H;3H,1H2,2H3. The van der Waals surface area contributed by atoms with Crippen LogP contribution in [0.1, 0.15) is 22.8 Å². The van der Waals surface area contributed by atoms with Gasteiger partial charge in [0, 0.05) is 23.3 Å². The molecule has 0 unspecified atom stereocenters. The lowest BCUT2D eigenvalue weighted by Crippen LogP contribution is -2.00. The number of ketones is 1. The molecule has 0 aliphatic rings. The minimum Gasteiger partial charge on any atom is -0.298 e. The first kappa shape index (κ1) is 17.0. The zero-order valence-electron chi connectivity index (χ0n) is 12.1. The summed E-state index contributed by atoms with van der Waals surface area (Å²) in [6.07, 6.45) is 0.722. The Bertz CT molecular complexity index is 676. The highest BCUT2D eigenvalue weighted by Gasteiger charge is 2.10. The number of benzene rings is 2. The van der Waals surface area contributed by atoms with E-state index in [1.54, 1.807) is 31.2 Å². The summed E-state index contributed by atoms with van der Waals surface area (Å²) in [5.74, 6) is -0.138. The molecule has 0 aliphatic heterocycles. The molecular weight excluding hydrogens is 282 g/mol. The van der Waals surface area contributed by atoms with Crippen LogP contribution in [0.15, 0.2) is 66.7 Å². The van der Waals surface area contributed by atoms with Gasteiger partial charge in [0.15, 0.2) is 5.78 Å². The molecule has 5 heteroatoms. The van der Waals surface area contributed by atoms with E-state index in [1.165, 1.54) is 24.3 Å². The lowest BCUT2D eigenvalue weighted by atomic mass is 10.0. The van der Waals surface area contributed by atoms with E-state index < -0.39 is 4.92 Å². The average Bonchev–Trinajstić information content (AvgIpc) is 2.55. The Morgan fingerprint density at radius 2 is 1.50 bits per heavy atom. The predicted molar refractivity (Wildman–Crippen MR) is 83.8 cm³/mol. The van der Waals surface area contributed by atoms with Crippen molar-refractivity contribution in [1.29, 1.82) is 0 Å². The minimum atomic E-state index is -0.489. The monoisotopic (exact) mass is 297 g/mol. The second kappa shape index (κ2) is 8.26. The summed E-state index contributed by atoms with van der Waals surface area (Å²) in [5, 5.41) is 10.5. The van der Waals surface area contributed by atoms with E-state index >= 15 is 0 Å². The van der Waals surface area contributed by atoms with Crippen LogP contribution >= 0.6 is 0 Å². The van der Waals surface area contributed by atoms with Crippen LogP contribution in [0.25, 0.3) is 0 Å². The first-order chi connectivity index (χ1) is 10.5. The van der Waals surface area contributed by atoms with Crippen LogP contribution in [0, 0.1) is 10.1 Å². The molecule has 5 nitrogen and oxygen atoms in total. The highest BCUT2D eigenvalue weighted by molar-refractivity contribution is 6.09. The quantitative estimate of drug-likeness (QED) is 0.284. The fourth-order valence-electron chi connectivity index (χ4n) is 1.49. The fourth-order valence-corrected chi connectivity index (χ4v) is 1.49. The summed E-state index contributed by atoms with van der Waals surface area (Å²) in [6, 6.07) is 14.4. The van der Waals surface area contributed by atoms with Gasteiger partial charge in [0.05, 0.1) is 4.92 Å². The normalized spacial score (nSPS) is 9.14. The maximum Gasteiger partial charge on any atom is 0.269 e. The number of rotatable bonds is 4. The molecule has 112 valence electrons. The molecule has 0 bridgehead atoms. The number of hydrogen-bond acceptors (Lipinski definition) is 4. The molecule has 0 atom stereocenters.